The molecule has 1 amide bonds. The molecule has 1 aliphatic heterocycles. The van der Waals surface area contributed by atoms with Crippen LogP contribution in [0.2, 0.25) is 0 Å². The number of carbonyl (C=O) groups excluding carboxylic acids is 1. The number of benzene rings is 3. The molecule has 0 bridgehead atoms. The molecule has 1 heterocycles. The van der Waals surface area contributed by atoms with Gasteiger partial charge in [0.15, 0.2) is 0 Å². The Labute approximate surface area is 227 Å². The fraction of sp³-hybridized carbons (Fsp3) is 0.355. The van der Waals surface area contributed by atoms with Crippen molar-refractivity contribution in [1.29, 1.82) is 0 Å². The highest BCUT2D eigenvalue weighted by molar-refractivity contribution is 6.08. The molecule has 5 rings (SSSR count). The van der Waals surface area contributed by atoms with Crippen LogP contribution in [0.25, 0.3) is 0 Å². The Morgan fingerprint density at radius 1 is 1.00 bits per heavy atom. The molecule has 3 aromatic rings. The van der Waals surface area contributed by atoms with Crippen LogP contribution in [0.15, 0.2) is 66.7 Å². The van der Waals surface area contributed by atoms with E-state index in [-0.39, 0.29) is 29.8 Å². The molecule has 0 radical (unpaired) electrons. The molecule has 3 aromatic carbocycles. The van der Waals surface area contributed by atoms with E-state index in [1.165, 1.54) is 30.3 Å². The van der Waals surface area contributed by atoms with Crippen molar-refractivity contribution in [1.82, 2.24) is 0 Å². The predicted molar refractivity (Wildman–Crippen MR) is 147 cm³/mol. The zero-order chi connectivity index (χ0) is 27.4. The van der Waals surface area contributed by atoms with Gasteiger partial charge >= 0.3 is 5.97 Å². The Morgan fingerprint density at radius 2 is 1.74 bits per heavy atom. The van der Waals surface area contributed by atoms with Crippen LogP contribution >= 0.6 is 0 Å². The summed E-state index contributed by atoms with van der Waals surface area (Å²) >= 11 is 0. The van der Waals surface area contributed by atoms with E-state index in [1.54, 1.807) is 12.1 Å². The van der Waals surface area contributed by atoms with E-state index in [4.69, 9.17) is 4.74 Å². The van der Waals surface area contributed by atoms with Crippen molar-refractivity contribution in [2.24, 2.45) is 11.8 Å². The van der Waals surface area contributed by atoms with Gasteiger partial charge in [-0.25, -0.2) is 4.39 Å². The van der Waals surface area contributed by atoms with E-state index in [0.717, 1.165) is 37.0 Å². The van der Waals surface area contributed by atoms with Gasteiger partial charge in [-0.15, -0.1) is 0 Å². The Kier molecular flexibility index (Phi) is 8.00. The van der Waals surface area contributed by atoms with Crippen LogP contribution in [0.1, 0.15) is 53.9 Å². The standard InChI is InChI=1S/C31H33FN2O5/c32-23-6-8-24(9-7-23)33-31(38)27-11-10-25(35)17-29(27)34-14-12-20(13-15-34)19-39-26-3-1-2-22(16-26)28(18-30(36)37)21-4-5-21/h1-3,6-11,16-17,20-21,28,35H,4-5,12-15,18-19H2,(H,33,38)(H,36,37). The number of carboxylic acid groups (broad SMARTS) is 1. The number of anilines is 2. The van der Waals surface area contributed by atoms with E-state index in [2.05, 4.69) is 10.2 Å². The average molecular weight is 533 g/mol. The minimum Gasteiger partial charge on any atom is -0.508 e. The van der Waals surface area contributed by atoms with Crippen molar-refractivity contribution in [3.63, 3.8) is 0 Å². The number of carboxylic acids is 1. The predicted octanol–water partition coefficient (Wildman–Crippen LogP) is 6.05. The van der Waals surface area contributed by atoms with Gasteiger partial charge in [0.25, 0.3) is 5.91 Å². The van der Waals surface area contributed by atoms with E-state index in [0.29, 0.717) is 48.5 Å². The van der Waals surface area contributed by atoms with Crippen molar-refractivity contribution < 1.29 is 28.9 Å². The molecule has 1 unspecified atom stereocenters. The molecule has 0 aromatic heterocycles. The van der Waals surface area contributed by atoms with E-state index >= 15 is 0 Å². The first-order valence-electron chi connectivity index (χ1n) is 13.4. The van der Waals surface area contributed by atoms with Crippen LogP contribution < -0.4 is 15.0 Å². The summed E-state index contributed by atoms with van der Waals surface area (Å²) in [4.78, 5) is 26.5. The van der Waals surface area contributed by atoms with Crippen LogP contribution in [-0.2, 0) is 4.79 Å². The first-order valence-corrected chi connectivity index (χ1v) is 13.4. The van der Waals surface area contributed by atoms with Gasteiger partial charge in [0.2, 0.25) is 0 Å². The van der Waals surface area contributed by atoms with Crippen molar-refractivity contribution >= 4 is 23.3 Å². The molecular formula is C31H33FN2O5. The number of aliphatic carboxylic acids is 1. The quantitative estimate of drug-likeness (QED) is 0.294. The van der Waals surface area contributed by atoms with Gasteiger partial charge in [0.1, 0.15) is 17.3 Å². The number of halogens is 1. The summed E-state index contributed by atoms with van der Waals surface area (Å²) in [6.07, 6.45) is 4.02. The van der Waals surface area contributed by atoms with Crippen LogP contribution in [0.5, 0.6) is 11.5 Å². The number of ether oxygens (including phenoxy) is 1. The van der Waals surface area contributed by atoms with Crippen LogP contribution in [0, 0.1) is 17.7 Å². The zero-order valence-electron chi connectivity index (χ0n) is 21.7. The third-order valence-corrected chi connectivity index (χ3v) is 7.64. The second-order valence-electron chi connectivity index (χ2n) is 10.5. The fourth-order valence-corrected chi connectivity index (χ4v) is 5.34. The van der Waals surface area contributed by atoms with Crippen molar-refractivity contribution in [2.45, 2.75) is 38.0 Å². The van der Waals surface area contributed by atoms with Crippen molar-refractivity contribution in [3.8, 4) is 11.5 Å². The zero-order valence-corrected chi connectivity index (χ0v) is 21.7. The molecule has 8 heteroatoms. The summed E-state index contributed by atoms with van der Waals surface area (Å²) in [6.45, 7) is 1.97. The molecule has 39 heavy (non-hydrogen) atoms. The summed E-state index contributed by atoms with van der Waals surface area (Å²) in [5, 5.41) is 22.2. The number of phenols is 1. The summed E-state index contributed by atoms with van der Waals surface area (Å²) in [7, 11) is 0. The van der Waals surface area contributed by atoms with E-state index in [9.17, 15) is 24.2 Å². The van der Waals surface area contributed by atoms with E-state index < -0.39 is 5.97 Å². The maximum atomic E-state index is 13.2. The molecule has 1 saturated heterocycles. The molecule has 2 fully saturated rings. The number of piperidine rings is 1. The van der Waals surface area contributed by atoms with Gasteiger partial charge < -0.3 is 25.2 Å². The Bertz CT molecular complexity index is 1320. The highest BCUT2D eigenvalue weighted by Crippen LogP contribution is 2.45. The lowest BCUT2D eigenvalue weighted by Crippen LogP contribution is -2.36. The van der Waals surface area contributed by atoms with Gasteiger partial charge in [-0.05, 0) is 97.5 Å². The summed E-state index contributed by atoms with van der Waals surface area (Å²) in [6, 6.07) is 18.1. The molecule has 0 spiro atoms. The highest BCUT2D eigenvalue weighted by atomic mass is 19.1. The second-order valence-corrected chi connectivity index (χ2v) is 10.5. The van der Waals surface area contributed by atoms with E-state index in [1.807, 2.05) is 24.3 Å². The smallest absolute Gasteiger partial charge is 0.303 e. The van der Waals surface area contributed by atoms with Crippen LogP contribution in [-0.4, -0.2) is 41.8 Å². The first kappa shape index (κ1) is 26.5. The third kappa shape index (κ3) is 6.88. The number of hydrogen-bond acceptors (Lipinski definition) is 5. The van der Waals surface area contributed by atoms with Gasteiger partial charge in [-0.1, -0.05) is 12.1 Å². The van der Waals surface area contributed by atoms with Crippen LogP contribution in [0.4, 0.5) is 15.8 Å². The number of rotatable bonds is 10. The number of amides is 1. The average Bonchev–Trinajstić information content (AvgIpc) is 3.78. The largest absolute Gasteiger partial charge is 0.508 e. The van der Waals surface area contributed by atoms with Gasteiger partial charge in [0, 0.05) is 24.8 Å². The minimum atomic E-state index is -0.771. The molecule has 1 atom stereocenters. The number of nitrogens with one attached hydrogen (secondary N) is 1. The Hall–Kier alpha value is -4.07. The first-order chi connectivity index (χ1) is 18.9. The van der Waals surface area contributed by atoms with Crippen molar-refractivity contribution in [2.75, 3.05) is 29.9 Å². The Balaban J connectivity index is 1.18. The van der Waals surface area contributed by atoms with Gasteiger partial charge in [-0.3, -0.25) is 9.59 Å². The summed E-state index contributed by atoms with van der Waals surface area (Å²) in [5.74, 6) is 0.184. The summed E-state index contributed by atoms with van der Waals surface area (Å²) < 4.78 is 19.4. The Morgan fingerprint density at radius 3 is 2.44 bits per heavy atom. The number of hydrogen-bond donors (Lipinski definition) is 3. The molecule has 204 valence electrons. The molecule has 7 nitrogen and oxygen atoms in total. The molecule has 2 aliphatic rings. The molecule has 1 saturated carbocycles. The lowest BCUT2D eigenvalue weighted by atomic mass is 9.91. The number of aromatic hydroxyl groups is 1. The maximum absolute atomic E-state index is 13.2. The van der Waals surface area contributed by atoms with Crippen LogP contribution in [0.3, 0.4) is 0 Å². The minimum absolute atomic E-state index is 0.0334. The number of carbonyl (C=O) groups is 2. The SMILES string of the molecule is O=C(O)CC(c1cccc(OCC2CCN(c3cc(O)ccc3C(=O)Nc3ccc(F)cc3)CC2)c1)C1CC1. The third-order valence-electron chi connectivity index (χ3n) is 7.64. The highest BCUT2D eigenvalue weighted by Gasteiger charge is 2.34. The normalized spacial score (nSPS) is 16.5. The molecular weight excluding hydrogens is 499 g/mol. The van der Waals surface area contributed by atoms with Gasteiger partial charge in [0.05, 0.1) is 24.3 Å². The molecule has 1 aliphatic carbocycles. The van der Waals surface area contributed by atoms with Crippen molar-refractivity contribution in [3.05, 3.63) is 83.7 Å². The van der Waals surface area contributed by atoms with Gasteiger partial charge in [-0.2, -0.15) is 0 Å². The topological polar surface area (TPSA) is 99.1 Å². The number of phenolic OH excluding ortho intramolecular Hbond substituents is 1. The lowest BCUT2D eigenvalue weighted by molar-refractivity contribution is -0.137. The second kappa shape index (κ2) is 11.8. The fourth-order valence-electron chi connectivity index (χ4n) is 5.34. The maximum Gasteiger partial charge on any atom is 0.303 e. The number of nitrogens with zero attached hydrogens (tertiary/aromatic N) is 1. The summed E-state index contributed by atoms with van der Waals surface area (Å²) in [5.41, 5.74) is 2.62. The monoisotopic (exact) mass is 532 g/mol. The lowest BCUT2D eigenvalue weighted by Gasteiger charge is -2.34. The molecule has 3 N–H and O–H groups in total.